The van der Waals surface area contributed by atoms with Crippen molar-refractivity contribution in [2.24, 2.45) is 0 Å². The molecule has 2 aromatic rings. The van der Waals surface area contributed by atoms with Gasteiger partial charge in [0.1, 0.15) is 11.4 Å². The standard InChI is InChI=1S/C22H25N3O4S/c1-23-22(10-13-29-14-11-22)21-15-18(9-12-24-21)25(30(26,27)20-7-8-20)16-17-3-5-19(28-2)6-4-17/h3-6,9,12,15,20H,7-8,10-11,13-14,16H2,2H3. The first kappa shape index (κ1) is 20.6. The number of pyridine rings is 1. The van der Waals surface area contributed by atoms with E-state index in [-0.39, 0.29) is 11.8 Å². The van der Waals surface area contributed by atoms with Crippen LogP contribution in [-0.2, 0) is 26.8 Å². The Balaban J connectivity index is 1.71. The molecule has 2 heterocycles. The second-order valence-corrected chi connectivity index (χ2v) is 9.89. The molecule has 0 spiro atoms. The molecule has 1 aliphatic heterocycles. The second kappa shape index (κ2) is 8.25. The van der Waals surface area contributed by atoms with Gasteiger partial charge in [-0.15, -0.1) is 0 Å². The van der Waals surface area contributed by atoms with Gasteiger partial charge in [0.15, 0.2) is 0 Å². The SMILES string of the molecule is [C-]#[N+]C1(c2cc(N(Cc3ccc(OC)cc3)S(=O)(=O)C3CC3)ccn2)CCOCC1. The van der Waals surface area contributed by atoms with Crippen molar-refractivity contribution in [3.05, 3.63) is 65.3 Å². The van der Waals surface area contributed by atoms with Crippen LogP contribution < -0.4 is 9.04 Å². The molecule has 0 unspecified atom stereocenters. The largest absolute Gasteiger partial charge is 0.497 e. The van der Waals surface area contributed by atoms with Crippen molar-refractivity contribution in [2.45, 2.75) is 43.0 Å². The third kappa shape index (κ3) is 4.00. The first-order valence-electron chi connectivity index (χ1n) is 10.1. The number of anilines is 1. The minimum atomic E-state index is -3.50. The van der Waals surface area contributed by atoms with Crippen LogP contribution in [0.1, 0.15) is 36.9 Å². The van der Waals surface area contributed by atoms with Gasteiger partial charge in [-0.25, -0.2) is 15.0 Å². The smallest absolute Gasteiger partial charge is 0.278 e. The highest BCUT2D eigenvalue weighted by atomic mass is 32.2. The molecule has 30 heavy (non-hydrogen) atoms. The fourth-order valence-corrected chi connectivity index (χ4v) is 5.56. The number of hydrogen-bond donors (Lipinski definition) is 0. The summed E-state index contributed by atoms with van der Waals surface area (Å²) in [5.74, 6) is 0.722. The monoisotopic (exact) mass is 427 g/mol. The molecule has 2 aliphatic rings. The Morgan fingerprint density at radius 2 is 1.93 bits per heavy atom. The van der Waals surface area contributed by atoms with Crippen molar-refractivity contribution in [1.82, 2.24) is 4.98 Å². The molecule has 8 heteroatoms. The van der Waals surface area contributed by atoms with Crippen LogP contribution in [-0.4, -0.2) is 39.0 Å². The number of ether oxygens (including phenoxy) is 2. The third-order valence-corrected chi connectivity index (χ3v) is 8.05. The van der Waals surface area contributed by atoms with Gasteiger partial charge in [-0.05, 0) is 42.7 Å². The maximum Gasteiger partial charge on any atom is 0.278 e. The molecular weight excluding hydrogens is 402 g/mol. The van der Waals surface area contributed by atoms with E-state index >= 15 is 0 Å². The number of nitrogens with zero attached hydrogens (tertiary/aromatic N) is 3. The Morgan fingerprint density at radius 1 is 1.23 bits per heavy atom. The Bertz CT molecular complexity index is 1040. The highest BCUT2D eigenvalue weighted by Crippen LogP contribution is 2.39. The summed E-state index contributed by atoms with van der Waals surface area (Å²) in [5, 5.41) is -0.342. The van der Waals surface area contributed by atoms with Gasteiger partial charge in [0.05, 0.1) is 50.6 Å². The van der Waals surface area contributed by atoms with E-state index in [0.29, 0.717) is 50.3 Å². The van der Waals surface area contributed by atoms with Crippen molar-refractivity contribution >= 4 is 15.7 Å². The fourth-order valence-electron chi connectivity index (χ4n) is 3.73. The van der Waals surface area contributed by atoms with E-state index in [1.165, 1.54) is 4.31 Å². The molecule has 0 radical (unpaired) electrons. The first-order valence-corrected chi connectivity index (χ1v) is 11.6. The Hall–Kier alpha value is -2.63. The minimum Gasteiger partial charge on any atom is -0.497 e. The number of sulfonamides is 1. The highest BCUT2D eigenvalue weighted by Gasteiger charge is 2.44. The predicted octanol–water partition coefficient (Wildman–Crippen LogP) is 3.51. The zero-order chi connectivity index (χ0) is 21.2. The summed E-state index contributed by atoms with van der Waals surface area (Å²) in [7, 11) is -1.90. The van der Waals surface area contributed by atoms with E-state index in [1.54, 1.807) is 25.4 Å². The summed E-state index contributed by atoms with van der Waals surface area (Å²) in [4.78, 5) is 8.34. The molecule has 0 N–H and O–H groups in total. The van der Waals surface area contributed by atoms with Crippen LogP contribution in [0.5, 0.6) is 5.75 Å². The number of aromatic nitrogens is 1. The van der Waals surface area contributed by atoms with E-state index < -0.39 is 15.6 Å². The van der Waals surface area contributed by atoms with Crippen molar-refractivity contribution < 1.29 is 17.9 Å². The summed E-state index contributed by atoms with van der Waals surface area (Å²) in [6.07, 6.45) is 4.09. The Labute approximate surface area is 177 Å². The van der Waals surface area contributed by atoms with Crippen molar-refractivity contribution in [3.63, 3.8) is 0 Å². The van der Waals surface area contributed by atoms with Gasteiger partial charge >= 0.3 is 0 Å². The molecule has 0 amide bonds. The second-order valence-electron chi connectivity index (χ2n) is 7.75. The van der Waals surface area contributed by atoms with Crippen LogP contribution in [0.2, 0.25) is 0 Å². The molecule has 1 aromatic carbocycles. The van der Waals surface area contributed by atoms with Crippen LogP contribution in [0, 0.1) is 6.57 Å². The lowest BCUT2D eigenvalue weighted by atomic mass is 9.87. The topological polar surface area (TPSA) is 73.1 Å². The summed E-state index contributed by atoms with van der Waals surface area (Å²) in [5.41, 5.74) is 1.27. The average molecular weight is 428 g/mol. The molecule has 0 atom stereocenters. The third-order valence-electron chi connectivity index (χ3n) is 5.78. The van der Waals surface area contributed by atoms with Gasteiger partial charge in [0.2, 0.25) is 10.0 Å². The van der Waals surface area contributed by atoms with Crippen LogP contribution in [0.15, 0.2) is 42.6 Å². The summed E-state index contributed by atoms with van der Waals surface area (Å²) >= 11 is 0. The Kier molecular flexibility index (Phi) is 5.67. The molecular formula is C22H25N3O4S. The summed E-state index contributed by atoms with van der Waals surface area (Å²) < 4.78 is 38.6. The molecule has 158 valence electrons. The van der Waals surface area contributed by atoms with Crippen LogP contribution in [0.3, 0.4) is 0 Å². The number of hydrogen-bond acceptors (Lipinski definition) is 5. The van der Waals surface area contributed by atoms with Crippen LogP contribution >= 0.6 is 0 Å². The number of rotatable bonds is 7. The number of methoxy groups -OCH3 is 1. The van der Waals surface area contributed by atoms with E-state index in [1.807, 2.05) is 24.3 Å². The quantitative estimate of drug-likeness (QED) is 0.632. The van der Waals surface area contributed by atoms with Crippen LogP contribution in [0.4, 0.5) is 5.69 Å². The van der Waals surface area contributed by atoms with E-state index in [2.05, 4.69) is 9.83 Å². The molecule has 4 rings (SSSR count). The van der Waals surface area contributed by atoms with E-state index in [0.717, 1.165) is 11.3 Å². The maximum absolute atomic E-state index is 13.3. The Morgan fingerprint density at radius 3 is 2.53 bits per heavy atom. The molecule has 0 bridgehead atoms. The zero-order valence-corrected chi connectivity index (χ0v) is 17.8. The van der Waals surface area contributed by atoms with Crippen molar-refractivity contribution in [1.29, 1.82) is 0 Å². The van der Waals surface area contributed by atoms with E-state index in [4.69, 9.17) is 16.0 Å². The predicted molar refractivity (Wildman–Crippen MR) is 114 cm³/mol. The van der Waals surface area contributed by atoms with Gasteiger partial charge in [-0.2, -0.15) is 0 Å². The van der Waals surface area contributed by atoms with Gasteiger partial charge in [0, 0.05) is 6.20 Å². The van der Waals surface area contributed by atoms with Gasteiger partial charge in [-0.1, -0.05) is 12.1 Å². The lowest BCUT2D eigenvalue weighted by Gasteiger charge is -2.28. The van der Waals surface area contributed by atoms with Gasteiger partial charge in [-0.3, -0.25) is 9.29 Å². The molecule has 1 saturated carbocycles. The van der Waals surface area contributed by atoms with E-state index in [9.17, 15) is 8.42 Å². The molecule has 2 fully saturated rings. The summed E-state index contributed by atoms with van der Waals surface area (Å²) in [6, 6.07) is 10.9. The number of benzene rings is 1. The van der Waals surface area contributed by atoms with Crippen molar-refractivity contribution in [3.8, 4) is 5.75 Å². The first-order chi connectivity index (χ1) is 14.5. The molecule has 7 nitrogen and oxygen atoms in total. The maximum atomic E-state index is 13.3. The average Bonchev–Trinajstić information content (AvgIpc) is 3.64. The summed E-state index contributed by atoms with van der Waals surface area (Å²) in [6.45, 7) is 9.00. The van der Waals surface area contributed by atoms with Gasteiger partial charge in [0.25, 0.3) is 5.54 Å². The highest BCUT2D eigenvalue weighted by molar-refractivity contribution is 7.93. The van der Waals surface area contributed by atoms with Crippen LogP contribution in [0.25, 0.3) is 4.85 Å². The molecule has 1 saturated heterocycles. The molecule has 1 aromatic heterocycles. The molecule has 1 aliphatic carbocycles. The minimum absolute atomic E-state index is 0.223. The normalized spacial score (nSPS) is 18.4. The van der Waals surface area contributed by atoms with Crippen molar-refractivity contribution in [2.75, 3.05) is 24.6 Å². The lowest BCUT2D eigenvalue weighted by Crippen LogP contribution is -2.35. The fraction of sp³-hybridized carbons (Fsp3) is 0.455. The van der Waals surface area contributed by atoms with Gasteiger partial charge < -0.3 is 14.3 Å². The zero-order valence-electron chi connectivity index (χ0n) is 17.0. The lowest BCUT2D eigenvalue weighted by molar-refractivity contribution is 0.0634.